The Kier molecular flexibility index (Phi) is 7.65. The van der Waals surface area contributed by atoms with Crippen LogP contribution in [0.1, 0.15) is 42.6 Å². The first-order chi connectivity index (χ1) is 10.0. The van der Waals surface area contributed by atoms with Gasteiger partial charge in [0.15, 0.2) is 0 Å². The molecule has 4 heteroatoms. The number of aryl methyl sites for hydroxylation is 1. The van der Waals surface area contributed by atoms with Crippen molar-refractivity contribution in [1.82, 2.24) is 4.90 Å². The van der Waals surface area contributed by atoms with Gasteiger partial charge in [0, 0.05) is 25.3 Å². The van der Waals surface area contributed by atoms with Crippen molar-refractivity contribution in [2.24, 2.45) is 0 Å². The van der Waals surface area contributed by atoms with E-state index in [9.17, 15) is 4.79 Å². The zero-order chi connectivity index (χ0) is 15.8. The van der Waals surface area contributed by atoms with Gasteiger partial charge in [0.25, 0.3) is 5.91 Å². The van der Waals surface area contributed by atoms with Gasteiger partial charge in [0.1, 0.15) is 0 Å². The Morgan fingerprint density at radius 3 is 2.76 bits per heavy atom. The number of thioether (sulfide) groups is 1. The number of carbonyl (C=O) groups excluding carboxylic acids is 1. The van der Waals surface area contributed by atoms with Crippen LogP contribution in [0, 0.1) is 6.92 Å². The van der Waals surface area contributed by atoms with Gasteiger partial charge in [0.05, 0.1) is 5.56 Å². The van der Waals surface area contributed by atoms with Crippen molar-refractivity contribution in [3.05, 3.63) is 29.3 Å². The molecule has 1 unspecified atom stereocenters. The van der Waals surface area contributed by atoms with Crippen molar-refractivity contribution >= 4 is 23.4 Å². The lowest BCUT2D eigenvalue weighted by atomic mass is 10.1. The molecule has 1 rings (SSSR count). The molecule has 0 aliphatic heterocycles. The average molecular weight is 308 g/mol. The third-order valence-electron chi connectivity index (χ3n) is 3.69. The number of rotatable bonds is 8. The smallest absolute Gasteiger partial charge is 0.255 e. The minimum atomic E-state index is 0.103. The number of benzene rings is 1. The first kappa shape index (κ1) is 17.9. The second-order valence-corrected chi connectivity index (χ2v) is 6.51. The van der Waals surface area contributed by atoms with E-state index in [0.29, 0.717) is 0 Å². The molecule has 118 valence electrons. The maximum atomic E-state index is 12.8. The van der Waals surface area contributed by atoms with Crippen LogP contribution in [0.5, 0.6) is 0 Å². The fourth-order valence-corrected chi connectivity index (χ4v) is 2.70. The van der Waals surface area contributed by atoms with Gasteiger partial charge in [-0.25, -0.2) is 0 Å². The van der Waals surface area contributed by atoms with Gasteiger partial charge in [-0.15, -0.1) is 0 Å². The first-order valence-electron chi connectivity index (χ1n) is 7.61. The van der Waals surface area contributed by atoms with Crippen LogP contribution < -0.4 is 5.32 Å². The standard InChI is InChI=1S/C17H28N2OS/c1-6-10-18-16-8-7-13(2)12-15(16)17(20)19(4)14(3)9-11-21-5/h7-8,12,14,18H,6,9-11H2,1-5H3. The quantitative estimate of drug-likeness (QED) is 0.787. The predicted octanol–water partition coefficient (Wildman–Crippen LogP) is 4.03. The van der Waals surface area contributed by atoms with Gasteiger partial charge < -0.3 is 10.2 Å². The summed E-state index contributed by atoms with van der Waals surface area (Å²) in [5, 5.41) is 3.36. The van der Waals surface area contributed by atoms with Crippen LogP contribution in [0.15, 0.2) is 18.2 Å². The van der Waals surface area contributed by atoms with Crippen LogP contribution in [0.2, 0.25) is 0 Å². The molecule has 0 aromatic heterocycles. The first-order valence-corrected chi connectivity index (χ1v) is 9.01. The Morgan fingerprint density at radius 1 is 1.43 bits per heavy atom. The van der Waals surface area contributed by atoms with Crippen molar-refractivity contribution < 1.29 is 4.79 Å². The monoisotopic (exact) mass is 308 g/mol. The molecule has 0 bridgehead atoms. The Morgan fingerprint density at radius 2 is 2.14 bits per heavy atom. The van der Waals surface area contributed by atoms with Crippen LogP contribution in [0.25, 0.3) is 0 Å². The summed E-state index contributed by atoms with van der Waals surface area (Å²) in [5.74, 6) is 1.18. The SMILES string of the molecule is CCCNc1ccc(C)cc1C(=O)N(C)C(C)CCSC. The van der Waals surface area contributed by atoms with E-state index in [0.717, 1.165) is 42.0 Å². The van der Waals surface area contributed by atoms with Gasteiger partial charge in [-0.05, 0) is 50.8 Å². The van der Waals surface area contributed by atoms with E-state index in [-0.39, 0.29) is 11.9 Å². The highest BCUT2D eigenvalue weighted by Gasteiger charge is 2.20. The molecule has 0 radical (unpaired) electrons. The molecule has 0 saturated heterocycles. The molecule has 0 saturated carbocycles. The van der Waals surface area contributed by atoms with Crippen LogP contribution in [-0.2, 0) is 0 Å². The summed E-state index contributed by atoms with van der Waals surface area (Å²) in [7, 11) is 1.90. The lowest BCUT2D eigenvalue weighted by Gasteiger charge is -2.26. The summed E-state index contributed by atoms with van der Waals surface area (Å²) >= 11 is 1.82. The van der Waals surface area contributed by atoms with Gasteiger partial charge >= 0.3 is 0 Å². The molecule has 1 atom stereocenters. The van der Waals surface area contributed by atoms with Gasteiger partial charge in [-0.1, -0.05) is 18.6 Å². The Labute approximate surface area is 133 Å². The minimum Gasteiger partial charge on any atom is -0.384 e. The Bertz CT molecular complexity index is 462. The number of amides is 1. The predicted molar refractivity (Wildman–Crippen MR) is 94.5 cm³/mol. The molecule has 0 heterocycles. The summed E-state index contributed by atoms with van der Waals surface area (Å²) in [5.41, 5.74) is 2.84. The van der Waals surface area contributed by atoms with E-state index in [1.165, 1.54) is 0 Å². The average Bonchev–Trinajstić information content (AvgIpc) is 2.49. The summed E-state index contributed by atoms with van der Waals surface area (Å²) in [4.78, 5) is 14.6. The number of carbonyl (C=O) groups is 1. The fourth-order valence-electron chi connectivity index (χ4n) is 2.12. The highest BCUT2D eigenvalue weighted by molar-refractivity contribution is 7.98. The van der Waals surface area contributed by atoms with Crippen LogP contribution in [0.4, 0.5) is 5.69 Å². The van der Waals surface area contributed by atoms with E-state index in [1.807, 2.05) is 48.8 Å². The van der Waals surface area contributed by atoms with Gasteiger partial charge in [0.2, 0.25) is 0 Å². The van der Waals surface area contributed by atoms with E-state index >= 15 is 0 Å². The molecule has 0 fully saturated rings. The fraction of sp³-hybridized carbons (Fsp3) is 0.588. The molecular formula is C17H28N2OS. The largest absolute Gasteiger partial charge is 0.384 e. The number of hydrogen-bond acceptors (Lipinski definition) is 3. The van der Waals surface area contributed by atoms with Crippen LogP contribution >= 0.6 is 11.8 Å². The molecular weight excluding hydrogens is 280 g/mol. The number of nitrogens with one attached hydrogen (secondary N) is 1. The molecule has 1 N–H and O–H groups in total. The lowest BCUT2D eigenvalue weighted by molar-refractivity contribution is 0.0742. The van der Waals surface area contributed by atoms with E-state index in [2.05, 4.69) is 25.4 Å². The molecule has 0 aliphatic rings. The van der Waals surface area contributed by atoms with E-state index in [1.54, 1.807) is 0 Å². The maximum Gasteiger partial charge on any atom is 0.255 e. The molecule has 21 heavy (non-hydrogen) atoms. The zero-order valence-corrected chi connectivity index (χ0v) is 14.7. The second-order valence-electron chi connectivity index (χ2n) is 5.52. The minimum absolute atomic E-state index is 0.103. The van der Waals surface area contributed by atoms with Crippen LogP contribution in [0.3, 0.4) is 0 Å². The van der Waals surface area contributed by atoms with Gasteiger partial charge in [-0.3, -0.25) is 4.79 Å². The lowest BCUT2D eigenvalue weighted by Crippen LogP contribution is -2.35. The highest BCUT2D eigenvalue weighted by atomic mass is 32.2. The topological polar surface area (TPSA) is 32.3 Å². The third kappa shape index (κ3) is 5.27. The molecule has 0 spiro atoms. The van der Waals surface area contributed by atoms with Crippen molar-refractivity contribution in [2.45, 2.75) is 39.7 Å². The summed E-state index contributed by atoms with van der Waals surface area (Å²) < 4.78 is 0. The molecule has 3 nitrogen and oxygen atoms in total. The maximum absolute atomic E-state index is 12.8. The van der Waals surface area contributed by atoms with Crippen molar-refractivity contribution in [2.75, 3.05) is 30.9 Å². The van der Waals surface area contributed by atoms with E-state index < -0.39 is 0 Å². The number of anilines is 1. The zero-order valence-electron chi connectivity index (χ0n) is 13.9. The van der Waals surface area contributed by atoms with Crippen molar-refractivity contribution in [3.63, 3.8) is 0 Å². The Hall–Kier alpha value is -1.16. The summed E-state index contributed by atoms with van der Waals surface area (Å²) in [6.07, 6.45) is 4.16. The third-order valence-corrected chi connectivity index (χ3v) is 4.34. The summed E-state index contributed by atoms with van der Waals surface area (Å²) in [6, 6.07) is 6.30. The van der Waals surface area contributed by atoms with Crippen molar-refractivity contribution in [3.8, 4) is 0 Å². The van der Waals surface area contributed by atoms with Crippen molar-refractivity contribution in [1.29, 1.82) is 0 Å². The molecule has 1 aromatic rings. The number of nitrogens with zero attached hydrogens (tertiary/aromatic N) is 1. The van der Waals surface area contributed by atoms with Crippen LogP contribution in [-0.4, -0.2) is 42.4 Å². The van der Waals surface area contributed by atoms with Gasteiger partial charge in [-0.2, -0.15) is 11.8 Å². The Balaban J connectivity index is 2.91. The highest BCUT2D eigenvalue weighted by Crippen LogP contribution is 2.20. The molecule has 0 aliphatic carbocycles. The normalized spacial score (nSPS) is 12.0. The second kappa shape index (κ2) is 8.98. The number of hydrogen-bond donors (Lipinski definition) is 1. The molecule has 1 aromatic carbocycles. The molecule has 1 amide bonds. The van der Waals surface area contributed by atoms with E-state index in [4.69, 9.17) is 0 Å². The summed E-state index contributed by atoms with van der Waals surface area (Å²) in [6.45, 7) is 7.15.